The molecule has 0 aromatic heterocycles. The molecule has 98 valence electrons. The molecule has 1 heterocycles. The summed E-state index contributed by atoms with van der Waals surface area (Å²) in [6.07, 6.45) is 5.63. The van der Waals surface area contributed by atoms with Gasteiger partial charge in [-0.1, -0.05) is 33.8 Å². The van der Waals surface area contributed by atoms with Crippen molar-refractivity contribution in [3.05, 3.63) is 12.2 Å². The molecule has 1 unspecified atom stereocenters. The van der Waals surface area contributed by atoms with E-state index in [9.17, 15) is 4.79 Å². The third kappa shape index (κ3) is 4.50. The quantitative estimate of drug-likeness (QED) is 0.738. The second-order valence-corrected chi connectivity index (χ2v) is 5.70. The van der Waals surface area contributed by atoms with Crippen molar-refractivity contribution in [1.82, 2.24) is 4.90 Å². The average molecular weight is 239 g/mol. The average Bonchev–Trinajstić information content (AvgIpc) is 2.43. The molecule has 1 rings (SSSR count). The van der Waals surface area contributed by atoms with E-state index in [-0.39, 0.29) is 11.3 Å². The zero-order valence-corrected chi connectivity index (χ0v) is 11.5. The van der Waals surface area contributed by atoms with Crippen LogP contribution in [0.25, 0.3) is 0 Å². The van der Waals surface area contributed by atoms with Crippen molar-refractivity contribution in [2.45, 2.75) is 40.5 Å². The second-order valence-electron chi connectivity index (χ2n) is 5.70. The number of rotatable bonds is 5. The van der Waals surface area contributed by atoms with Crippen LogP contribution in [0.15, 0.2) is 12.2 Å². The summed E-state index contributed by atoms with van der Waals surface area (Å²) in [7, 11) is 0. The summed E-state index contributed by atoms with van der Waals surface area (Å²) in [5.41, 5.74) is 0.186. The molecule has 17 heavy (non-hydrogen) atoms. The van der Waals surface area contributed by atoms with Crippen LogP contribution < -0.4 is 0 Å². The zero-order chi connectivity index (χ0) is 12.9. The lowest BCUT2D eigenvalue weighted by Crippen LogP contribution is -2.40. The maximum atomic E-state index is 11.9. The largest absolute Gasteiger partial charge is 0.357 e. The van der Waals surface area contributed by atoms with Gasteiger partial charge in [-0.2, -0.15) is 0 Å². The normalized spacial score (nSPS) is 20.5. The molecule has 1 amide bonds. The number of carbonyl (C=O) groups excluding carboxylic acids is 1. The Bertz CT molecular complexity index is 286. The fourth-order valence-corrected chi connectivity index (χ4v) is 2.44. The summed E-state index contributed by atoms with van der Waals surface area (Å²) in [6.45, 7) is 10.7. The van der Waals surface area contributed by atoms with Crippen molar-refractivity contribution in [2.75, 3.05) is 19.9 Å². The predicted octanol–water partition coefficient (Wildman–Crippen LogP) is 2.82. The molecule has 3 nitrogen and oxygen atoms in total. The highest BCUT2D eigenvalue weighted by Crippen LogP contribution is 2.31. The molecule has 0 bridgehead atoms. The minimum absolute atomic E-state index is 0.0749. The second kappa shape index (κ2) is 6.20. The van der Waals surface area contributed by atoms with Crippen LogP contribution >= 0.6 is 0 Å². The fraction of sp³-hybridized carbons (Fsp3) is 0.786. The standard InChI is InChI=1S/C14H25NO2/c1-5-14(4,9-12(2)3)10-15-11-17-8-6-7-13(15)16/h6-7,12H,5,8-11H2,1-4H3. The van der Waals surface area contributed by atoms with Gasteiger partial charge in [0.05, 0.1) is 6.61 Å². The van der Waals surface area contributed by atoms with Crippen LogP contribution in [0.1, 0.15) is 40.5 Å². The van der Waals surface area contributed by atoms with E-state index in [1.165, 1.54) is 0 Å². The molecule has 0 radical (unpaired) electrons. The van der Waals surface area contributed by atoms with Gasteiger partial charge in [0.1, 0.15) is 6.73 Å². The first-order valence-corrected chi connectivity index (χ1v) is 6.50. The Morgan fingerprint density at radius 1 is 1.53 bits per heavy atom. The molecule has 0 saturated carbocycles. The van der Waals surface area contributed by atoms with Crippen molar-refractivity contribution in [3.8, 4) is 0 Å². The van der Waals surface area contributed by atoms with Gasteiger partial charge in [-0.3, -0.25) is 4.79 Å². The summed E-state index contributed by atoms with van der Waals surface area (Å²) in [5.74, 6) is 0.726. The van der Waals surface area contributed by atoms with Gasteiger partial charge in [0.15, 0.2) is 0 Å². The van der Waals surface area contributed by atoms with Gasteiger partial charge in [-0.05, 0) is 24.2 Å². The minimum atomic E-state index is 0.0749. The fourth-order valence-electron chi connectivity index (χ4n) is 2.44. The molecule has 0 spiro atoms. The maximum absolute atomic E-state index is 11.9. The molecule has 1 atom stereocenters. The monoisotopic (exact) mass is 239 g/mol. The number of amides is 1. The van der Waals surface area contributed by atoms with Crippen LogP contribution in [0, 0.1) is 11.3 Å². The number of carbonyl (C=O) groups is 1. The molecule has 0 aromatic rings. The van der Waals surface area contributed by atoms with Gasteiger partial charge in [0.2, 0.25) is 5.91 Å². The molecule has 1 aliphatic rings. The van der Waals surface area contributed by atoms with Crippen molar-refractivity contribution in [1.29, 1.82) is 0 Å². The van der Waals surface area contributed by atoms with Crippen LogP contribution in [0.4, 0.5) is 0 Å². The van der Waals surface area contributed by atoms with Crippen LogP contribution in [-0.4, -0.2) is 30.7 Å². The Morgan fingerprint density at radius 2 is 2.24 bits per heavy atom. The molecule has 0 fully saturated rings. The SMILES string of the molecule is CCC(C)(CC(C)C)CN1COCC=CC1=O. The van der Waals surface area contributed by atoms with Crippen LogP contribution in [0.3, 0.4) is 0 Å². The van der Waals surface area contributed by atoms with Gasteiger partial charge in [-0.15, -0.1) is 0 Å². The third-order valence-electron chi connectivity index (χ3n) is 3.36. The summed E-state index contributed by atoms with van der Waals surface area (Å²) in [6, 6.07) is 0. The van der Waals surface area contributed by atoms with Crippen molar-refractivity contribution >= 4 is 5.91 Å². The lowest BCUT2D eigenvalue weighted by Gasteiger charge is -2.35. The highest BCUT2D eigenvalue weighted by molar-refractivity contribution is 5.87. The van der Waals surface area contributed by atoms with Crippen LogP contribution in [0.5, 0.6) is 0 Å². The highest BCUT2D eigenvalue weighted by Gasteiger charge is 2.28. The molecule has 0 aliphatic carbocycles. The Kier molecular flexibility index (Phi) is 5.19. The molecular weight excluding hydrogens is 214 g/mol. The Morgan fingerprint density at radius 3 is 2.82 bits per heavy atom. The molecule has 0 N–H and O–H groups in total. The van der Waals surface area contributed by atoms with E-state index in [0.717, 1.165) is 19.4 Å². The van der Waals surface area contributed by atoms with Crippen molar-refractivity contribution in [3.63, 3.8) is 0 Å². The maximum Gasteiger partial charge on any atom is 0.248 e. The number of hydrogen-bond donors (Lipinski definition) is 0. The van der Waals surface area contributed by atoms with Gasteiger partial charge in [0.25, 0.3) is 0 Å². The number of hydrogen-bond acceptors (Lipinski definition) is 2. The first-order valence-electron chi connectivity index (χ1n) is 6.50. The van der Waals surface area contributed by atoms with E-state index in [1.807, 2.05) is 4.90 Å². The third-order valence-corrected chi connectivity index (χ3v) is 3.36. The number of ether oxygens (including phenoxy) is 1. The van der Waals surface area contributed by atoms with Crippen LogP contribution in [0.2, 0.25) is 0 Å². The lowest BCUT2D eigenvalue weighted by molar-refractivity contribution is -0.132. The molecule has 0 saturated heterocycles. The van der Waals surface area contributed by atoms with E-state index in [1.54, 1.807) is 12.2 Å². The Balaban J connectivity index is 2.65. The molecule has 1 aliphatic heterocycles. The van der Waals surface area contributed by atoms with E-state index >= 15 is 0 Å². The first-order chi connectivity index (χ1) is 7.97. The predicted molar refractivity (Wildman–Crippen MR) is 69.5 cm³/mol. The van der Waals surface area contributed by atoms with E-state index in [2.05, 4.69) is 27.7 Å². The summed E-state index contributed by atoms with van der Waals surface area (Å²) in [5, 5.41) is 0. The first kappa shape index (κ1) is 14.2. The smallest absolute Gasteiger partial charge is 0.248 e. The Labute approximate surface area is 105 Å². The molecular formula is C14H25NO2. The van der Waals surface area contributed by atoms with Gasteiger partial charge >= 0.3 is 0 Å². The minimum Gasteiger partial charge on any atom is -0.357 e. The summed E-state index contributed by atoms with van der Waals surface area (Å²) >= 11 is 0. The molecule has 0 aromatic carbocycles. The van der Waals surface area contributed by atoms with E-state index < -0.39 is 0 Å². The van der Waals surface area contributed by atoms with E-state index in [4.69, 9.17) is 4.74 Å². The van der Waals surface area contributed by atoms with E-state index in [0.29, 0.717) is 19.3 Å². The Hall–Kier alpha value is -0.830. The lowest BCUT2D eigenvalue weighted by atomic mass is 9.79. The summed E-state index contributed by atoms with van der Waals surface area (Å²) in [4.78, 5) is 13.7. The number of nitrogens with zero attached hydrogens (tertiary/aromatic N) is 1. The zero-order valence-electron chi connectivity index (χ0n) is 11.5. The summed E-state index contributed by atoms with van der Waals surface area (Å²) < 4.78 is 5.39. The van der Waals surface area contributed by atoms with Crippen molar-refractivity contribution in [2.24, 2.45) is 11.3 Å². The van der Waals surface area contributed by atoms with Gasteiger partial charge in [-0.25, -0.2) is 0 Å². The van der Waals surface area contributed by atoms with Crippen LogP contribution in [-0.2, 0) is 9.53 Å². The molecule has 3 heteroatoms. The highest BCUT2D eigenvalue weighted by atomic mass is 16.5. The van der Waals surface area contributed by atoms with Gasteiger partial charge in [0, 0.05) is 12.6 Å². The van der Waals surface area contributed by atoms with Gasteiger partial charge < -0.3 is 9.64 Å². The topological polar surface area (TPSA) is 29.5 Å². The van der Waals surface area contributed by atoms with Crippen molar-refractivity contribution < 1.29 is 9.53 Å².